The van der Waals surface area contributed by atoms with Crippen LogP contribution in [0.4, 0.5) is 0 Å². The van der Waals surface area contributed by atoms with E-state index in [2.05, 4.69) is 5.32 Å². The molecule has 1 atom stereocenters. The van der Waals surface area contributed by atoms with Crippen molar-refractivity contribution in [2.75, 3.05) is 20.2 Å². The van der Waals surface area contributed by atoms with Gasteiger partial charge in [0.2, 0.25) is 15.9 Å². The van der Waals surface area contributed by atoms with E-state index in [9.17, 15) is 13.2 Å². The van der Waals surface area contributed by atoms with E-state index in [1.807, 2.05) is 12.1 Å². The van der Waals surface area contributed by atoms with Gasteiger partial charge in [-0.05, 0) is 48.7 Å². The number of sulfonamides is 1. The van der Waals surface area contributed by atoms with E-state index in [0.29, 0.717) is 36.7 Å². The van der Waals surface area contributed by atoms with E-state index in [4.69, 9.17) is 27.9 Å². The van der Waals surface area contributed by atoms with Crippen LogP contribution in [-0.2, 0) is 21.4 Å². The maximum Gasteiger partial charge on any atom is 0.243 e. The third-order valence-electron chi connectivity index (χ3n) is 4.90. The SMILES string of the molecule is COc1ccc(S(=O)(=O)N2CCC[C@@H](C(=O)NCc3ccc(Cl)cc3)C2)cc1Cl. The molecule has 29 heavy (non-hydrogen) atoms. The van der Waals surface area contributed by atoms with Gasteiger partial charge in [-0.2, -0.15) is 4.31 Å². The van der Waals surface area contributed by atoms with Gasteiger partial charge in [0, 0.05) is 24.7 Å². The lowest BCUT2D eigenvalue weighted by molar-refractivity contribution is -0.126. The largest absolute Gasteiger partial charge is 0.495 e. The number of carbonyl (C=O) groups excluding carboxylic acids is 1. The first-order valence-corrected chi connectivity index (χ1v) is 11.4. The summed E-state index contributed by atoms with van der Waals surface area (Å²) in [6, 6.07) is 11.6. The maximum atomic E-state index is 13.0. The number of methoxy groups -OCH3 is 1. The number of nitrogens with one attached hydrogen (secondary N) is 1. The first-order chi connectivity index (χ1) is 13.8. The Morgan fingerprint density at radius 2 is 1.93 bits per heavy atom. The van der Waals surface area contributed by atoms with Crippen molar-refractivity contribution in [1.82, 2.24) is 9.62 Å². The molecule has 1 aliphatic rings. The topological polar surface area (TPSA) is 75.7 Å². The molecule has 3 rings (SSSR count). The average molecular weight is 457 g/mol. The zero-order chi connectivity index (χ0) is 21.0. The smallest absolute Gasteiger partial charge is 0.243 e. The van der Waals surface area contributed by atoms with Crippen LogP contribution >= 0.6 is 23.2 Å². The van der Waals surface area contributed by atoms with Gasteiger partial charge in [0.05, 0.1) is 22.9 Å². The van der Waals surface area contributed by atoms with Crippen LogP contribution in [0.5, 0.6) is 5.75 Å². The highest BCUT2D eigenvalue weighted by Gasteiger charge is 2.33. The van der Waals surface area contributed by atoms with Gasteiger partial charge in [-0.25, -0.2) is 8.42 Å². The van der Waals surface area contributed by atoms with Gasteiger partial charge in [0.1, 0.15) is 5.75 Å². The van der Waals surface area contributed by atoms with Gasteiger partial charge >= 0.3 is 0 Å². The van der Waals surface area contributed by atoms with Crippen molar-refractivity contribution in [1.29, 1.82) is 0 Å². The highest BCUT2D eigenvalue weighted by molar-refractivity contribution is 7.89. The summed E-state index contributed by atoms with van der Waals surface area (Å²) in [6.07, 6.45) is 1.25. The molecule has 1 saturated heterocycles. The molecule has 0 unspecified atom stereocenters. The van der Waals surface area contributed by atoms with E-state index in [-0.39, 0.29) is 22.4 Å². The molecule has 1 heterocycles. The minimum atomic E-state index is -3.75. The Labute approximate surface area is 180 Å². The van der Waals surface area contributed by atoms with Crippen molar-refractivity contribution < 1.29 is 17.9 Å². The first kappa shape index (κ1) is 21.9. The van der Waals surface area contributed by atoms with Crippen molar-refractivity contribution in [2.24, 2.45) is 5.92 Å². The molecule has 1 fully saturated rings. The van der Waals surface area contributed by atoms with E-state index in [1.165, 1.54) is 29.6 Å². The van der Waals surface area contributed by atoms with Crippen LogP contribution in [0.3, 0.4) is 0 Å². The van der Waals surface area contributed by atoms with Crippen molar-refractivity contribution in [2.45, 2.75) is 24.3 Å². The molecule has 0 saturated carbocycles. The van der Waals surface area contributed by atoms with Gasteiger partial charge in [-0.3, -0.25) is 4.79 Å². The number of hydrogen-bond donors (Lipinski definition) is 1. The summed E-state index contributed by atoms with van der Waals surface area (Å²) >= 11 is 11.9. The molecule has 0 spiro atoms. The second kappa shape index (κ2) is 9.34. The molecular weight excluding hydrogens is 435 g/mol. The molecule has 9 heteroatoms. The number of ether oxygens (including phenoxy) is 1. The van der Waals surface area contributed by atoms with Crippen molar-refractivity contribution >= 4 is 39.1 Å². The van der Waals surface area contributed by atoms with E-state index >= 15 is 0 Å². The standard InChI is InChI=1S/C20H22Cl2N2O4S/c1-28-19-9-8-17(11-18(19)22)29(26,27)24-10-2-3-15(13-24)20(25)23-12-14-4-6-16(21)7-5-14/h4-9,11,15H,2-3,10,12-13H2,1H3,(H,23,25)/t15-/m1/s1. The number of carbonyl (C=O) groups is 1. The molecule has 1 amide bonds. The summed E-state index contributed by atoms with van der Waals surface area (Å²) in [5.41, 5.74) is 0.927. The highest BCUT2D eigenvalue weighted by atomic mass is 35.5. The minimum Gasteiger partial charge on any atom is -0.495 e. The lowest BCUT2D eigenvalue weighted by Crippen LogP contribution is -2.45. The highest BCUT2D eigenvalue weighted by Crippen LogP contribution is 2.30. The average Bonchev–Trinajstić information content (AvgIpc) is 2.73. The molecule has 0 radical (unpaired) electrons. The van der Waals surface area contributed by atoms with E-state index < -0.39 is 15.9 Å². The Hall–Kier alpha value is -1.80. The Morgan fingerprint density at radius 1 is 1.21 bits per heavy atom. The molecular formula is C20H22Cl2N2O4S. The van der Waals surface area contributed by atoms with Crippen LogP contribution in [0, 0.1) is 5.92 Å². The summed E-state index contributed by atoms with van der Waals surface area (Å²) in [4.78, 5) is 12.7. The quantitative estimate of drug-likeness (QED) is 0.718. The fourth-order valence-electron chi connectivity index (χ4n) is 3.27. The summed E-state index contributed by atoms with van der Waals surface area (Å²) in [7, 11) is -2.28. The minimum absolute atomic E-state index is 0.0884. The summed E-state index contributed by atoms with van der Waals surface area (Å²) in [6.45, 7) is 0.874. The molecule has 2 aromatic rings. The summed E-state index contributed by atoms with van der Waals surface area (Å²) in [5.74, 6) is -0.157. The second-order valence-electron chi connectivity index (χ2n) is 6.84. The predicted octanol–water partition coefficient (Wildman–Crippen LogP) is 3.72. The molecule has 1 aliphatic heterocycles. The van der Waals surface area contributed by atoms with Crippen LogP contribution in [0.15, 0.2) is 47.4 Å². The van der Waals surface area contributed by atoms with Crippen LogP contribution in [0.25, 0.3) is 0 Å². The molecule has 0 aliphatic carbocycles. The fourth-order valence-corrected chi connectivity index (χ4v) is 5.27. The maximum absolute atomic E-state index is 13.0. The lowest BCUT2D eigenvalue weighted by Gasteiger charge is -2.31. The molecule has 0 aromatic heterocycles. The van der Waals surface area contributed by atoms with Crippen molar-refractivity contribution in [3.63, 3.8) is 0 Å². The van der Waals surface area contributed by atoms with Crippen LogP contribution in [0.1, 0.15) is 18.4 Å². The Morgan fingerprint density at radius 3 is 2.59 bits per heavy atom. The van der Waals surface area contributed by atoms with Crippen molar-refractivity contribution in [3.8, 4) is 5.75 Å². The molecule has 0 bridgehead atoms. The molecule has 2 aromatic carbocycles. The van der Waals surface area contributed by atoms with Crippen LogP contribution in [-0.4, -0.2) is 38.8 Å². The van der Waals surface area contributed by atoms with Gasteiger partial charge in [-0.1, -0.05) is 35.3 Å². The number of benzene rings is 2. The predicted molar refractivity (Wildman–Crippen MR) is 113 cm³/mol. The van der Waals surface area contributed by atoms with Crippen LogP contribution < -0.4 is 10.1 Å². The van der Waals surface area contributed by atoms with Crippen molar-refractivity contribution in [3.05, 3.63) is 58.1 Å². The fraction of sp³-hybridized carbons (Fsp3) is 0.350. The zero-order valence-electron chi connectivity index (χ0n) is 15.9. The Balaban J connectivity index is 1.66. The molecule has 1 N–H and O–H groups in total. The van der Waals surface area contributed by atoms with Gasteiger partial charge in [0.25, 0.3) is 0 Å². The molecule has 6 nitrogen and oxygen atoms in total. The number of nitrogens with zero attached hydrogens (tertiary/aromatic N) is 1. The number of amides is 1. The molecule has 156 valence electrons. The van der Waals surface area contributed by atoms with Gasteiger partial charge in [0.15, 0.2) is 0 Å². The first-order valence-electron chi connectivity index (χ1n) is 9.17. The third-order valence-corrected chi connectivity index (χ3v) is 7.30. The monoisotopic (exact) mass is 456 g/mol. The Kier molecular flexibility index (Phi) is 7.05. The van der Waals surface area contributed by atoms with Crippen LogP contribution in [0.2, 0.25) is 10.0 Å². The van der Waals surface area contributed by atoms with E-state index in [1.54, 1.807) is 12.1 Å². The zero-order valence-corrected chi connectivity index (χ0v) is 18.2. The summed E-state index contributed by atoms with van der Waals surface area (Å²) < 4.78 is 32.4. The number of rotatable bonds is 6. The Bertz CT molecular complexity index is 980. The third kappa shape index (κ3) is 5.22. The lowest BCUT2D eigenvalue weighted by atomic mass is 9.99. The second-order valence-corrected chi connectivity index (χ2v) is 9.62. The number of halogens is 2. The number of piperidine rings is 1. The number of hydrogen-bond acceptors (Lipinski definition) is 4. The summed E-state index contributed by atoms with van der Waals surface area (Å²) in [5, 5.41) is 3.74. The van der Waals surface area contributed by atoms with Gasteiger partial charge < -0.3 is 10.1 Å². The van der Waals surface area contributed by atoms with E-state index in [0.717, 1.165) is 5.56 Å². The normalized spacial score (nSPS) is 17.7. The van der Waals surface area contributed by atoms with Gasteiger partial charge in [-0.15, -0.1) is 0 Å².